The molecule has 2 aliphatic heterocycles. The predicted octanol–water partition coefficient (Wildman–Crippen LogP) is -0.462. The van der Waals surface area contributed by atoms with Gasteiger partial charge in [0.25, 0.3) is 5.91 Å². The first kappa shape index (κ1) is 22.0. The van der Waals surface area contributed by atoms with Gasteiger partial charge in [0.2, 0.25) is 5.78 Å². The van der Waals surface area contributed by atoms with E-state index in [1.807, 2.05) is 6.92 Å². The Bertz CT molecular complexity index is 1030. The number of aryl methyl sites for hydroxylation is 1. The lowest BCUT2D eigenvalue weighted by molar-refractivity contribution is -0.907. The maximum atomic E-state index is 13.5. The lowest BCUT2D eigenvalue weighted by Crippen LogP contribution is -3.14. The molecule has 32 heavy (non-hydrogen) atoms. The van der Waals surface area contributed by atoms with Crippen LogP contribution in [0.2, 0.25) is 0 Å². The van der Waals surface area contributed by atoms with Gasteiger partial charge in [0, 0.05) is 18.0 Å². The van der Waals surface area contributed by atoms with E-state index < -0.39 is 23.5 Å². The number of hydrogen-bond acceptors (Lipinski definition) is 6. The van der Waals surface area contributed by atoms with Crippen molar-refractivity contribution in [1.82, 2.24) is 9.88 Å². The topological polar surface area (TPSA) is 96.2 Å². The number of nitrogens with zero attached hydrogens (tertiary/aromatic N) is 2. The van der Waals surface area contributed by atoms with Crippen molar-refractivity contribution in [2.24, 2.45) is 0 Å². The standard InChI is InChI=1S/C24H27N3O5/c1-16-14-17(5-6-19(16)31-2)22(28)20-21(18-4-3-7-25-15-18)27(24(30)23(20)29)9-8-26-10-12-32-13-11-26/h3-7,14-15,21,28H,8-13H2,1-2H3. The summed E-state index contributed by atoms with van der Waals surface area (Å²) in [5, 5.41) is 13.5. The molecular weight excluding hydrogens is 410 g/mol. The van der Waals surface area contributed by atoms with Crippen molar-refractivity contribution in [2.75, 3.05) is 46.5 Å². The van der Waals surface area contributed by atoms with Crippen LogP contribution in [0.3, 0.4) is 0 Å². The van der Waals surface area contributed by atoms with Crippen LogP contribution in [0.1, 0.15) is 22.7 Å². The summed E-state index contributed by atoms with van der Waals surface area (Å²) >= 11 is 0. The maximum Gasteiger partial charge on any atom is 0.295 e. The molecule has 0 aliphatic carbocycles. The highest BCUT2D eigenvalue weighted by Gasteiger charge is 2.44. The van der Waals surface area contributed by atoms with Crippen molar-refractivity contribution >= 4 is 17.4 Å². The normalized spacial score (nSPS) is 21.2. The number of methoxy groups -OCH3 is 1. The van der Waals surface area contributed by atoms with E-state index in [2.05, 4.69) is 4.98 Å². The number of quaternary nitrogens is 1. The van der Waals surface area contributed by atoms with Gasteiger partial charge >= 0.3 is 0 Å². The molecule has 2 fully saturated rings. The van der Waals surface area contributed by atoms with Crippen LogP contribution >= 0.6 is 0 Å². The summed E-state index contributed by atoms with van der Waals surface area (Å²) in [6, 6.07) is 7.80. The lowest BCUT2D eigenvalue weighted by atomic mass is 9.95. The summed E-state index contributed by atoms with van der Waals surface area (Å²) in [5.41, 5.74) is 1.76. The zero-order valence-corrected chi connectivity index (χ0v) is 18.3. The van der Waals surface area contributed by atoms with Gasteiger partial charge in [-0.2, -0.15) is 0 Å². The molecule has 0 spiro atoms. The lowest BCUT2D eigenvalue weighted by Gasteiger charge is -2.30. The number of pyridine rings is 1. The van der Waals surface area contributed by atoms with Crippen molar-refractivity contribution < 1.29 is 29.1 Å². The van der Waals surface area contributed by atoms with E-state index in [4.69, 9.17) is 9.47 Å². The molecule has 4 rings (SSSR count). The molecule has 1 atom stereocenters. The Balaban J connectivity index is 1.72. The zero-order chi connectivity index (χ0) is 22.7. The Labute approximate surface area is 187 Å². The number of carbonyl (C=O) groups is 2. The van der Waals surface area contributed by atoms with Gasteiger partial charge in [-0.3, -0.25) is 14.6 Å². The number of hydrogen-bond donors (Lipinski definition) is 1. The summed E-state index contributed by atoms with van der Waals surface area (Å²) in [6.45, 7) is 5.96. The van der Waals surface area contributed by atoms with Crippen LogP contribution in [-0.4, -0.2) is 68.1 Å². The fourth-order valence-electron chi connectivity index (χ4n) is 4.35. The van der Waals surface area contributed by atoms with E-state index in [1.165, 1.54) is 9.80 Å². The number of ketones is 1. The van der Waals surface area contributed by atoms with Crippen molar-refractivity contribution in [3.05, 3.63) is 65.0 Å². The van der Waals surface area contributed by atoms with E-state index in [1.54, 1.807) is 49.8 Å². The number of aromatic nitrogens is 1. The SMILES string of the molecule is COc1ccc(C([O-])=C2C(=O)C(=O)N(CC[NH+]3CCOCC3)C2c2cccnc2)cc1C. The maximum absolute atomic E-state index is 13.5. The molecule has 3 heterocycles. The van der Waals surface area contributed by atoms with Crippen LogP contribution in [0.4, 0.5) is 0 Å². The Kier molecular flexibility index (Phi) is 6.53. The van der Waals surface area contributed by atoms with Gasteiger partial charge in [0.05, 0.1) is 39.5 Å². The number of benzene rings is 1. The molecule has 1 aromatic heterocycles. The van der Waals surface area contributed by atoms with Crippen LogP contribution < -0.4 is 14.7 Å². The summed E-state index contributed by atoms with van der Waals surface area (Å²) < 4.78 is 10.7. The minimum absolute atomic E-state index is 0.0236. The molecule has 1 amide bonds. The number of likely N-dealkylation sites (tertiary alicyclic amines) is 1. The highest BCUT2D eigenvalue weighted by molar-refractivity contribution is 6.46. The summed E-state index contributed by atoms with van der Waals surface area (Å²) in [4.78, 5) is 33.0. The third kappa shape index (κ3) is 4.24. The van der Waals surface area contributed by atoms with Crippen molar-refractivity contribution in [3.63, 3.8) is 0 Å². The van der Waals surface area contributed by atoms with Gasteiger partial charge in [0.1, 0.15) is 18.8 Å². The predicted molar refractivity (Wildman–Crippen MR) is 115 cm³/mol. The molecule has 1 aromatic carbocycles. The van der Waals surface area contributed by atoms with Gasteiger partial charge in [-0.05, 0) is 41.8 Å². The third-order valence-electron chi connectivity index (χ3n) is 6.09. The van der Waals surface area contributed by atoms with Crippen molar-refractivity contribution in [3.8, 4) is 5.75 Å². The van der Waals surface area contributed by atoms with Crippen LogP contribution in [0.25, 0.3) is 5.76 Å². The molecule has 0 saturated carbocycles. The fraction of sp³-hybridized carbons (Fsp3) is 0.375. The Hall–Kier alpha value is -3.23. The number of morpholine rings is 1. The molecule has 0 bridgehead atoms. The highest BCUT2D eigenvalue weighted by atomic mass is 16.5. The number of rotatable bonds is 6. The average molecular weight is 437 g/mol. The van der Waals surface area contributed by atoms with E-state index in [-0.39, 0.29) is 5.57 Å². The molecule has 2 aromatic rings. The quantitative estimate of drug-likeness (QED) is 0.373. The fourth-order valence-corrected chi connectivity index (χ4v) is 4.35. The van der Waals surface area contributed by atoms with E-state index in [0.29, 0.717) is 43.2 Å². The summed E-state index contributed by atoms with van der Waals surface area (Å²) in [7, 11) is 1.56. The Morgan fingerprint density at radius 1 is 1.28 bits per heavy atom. The number of nitrogens with one attached hydrogen (secondary N) is 1. The summed E-state index contributed by atoms with van der Waals surface area (Å²) in [6.07, 6.45) is 3.23. The van der Waals surface area contributed by atoms with E-state index in [0.717, 1.165) is 18.7 Å². The first-order valence-electron chi connectivity index (χ1n) is 10.7. The van der Waals surface area contributed by atoms with Gasteiger partial charge in [0.15, 0.2) is 0 Å². The molecule has 1 unspecified atom stereocenters. The molecule has 168 valence electrons. The van der Waals surface area contributed by atoms with Gasteiger partial charge < -0.3 is 24.4 Å². The smallest absolute Gasteiger partial charge is 0.295 e. The number of carbonyl (C=O) groups excluding carboxylic acids is 2. The second kappa shape index (κ2) is 9.50. The summed E-state index contributed by atoms with van der Waals surface area (Å²) in [5.74, 6) is -1.17. The number of Topliss-reactive ketones (excluding diaryl/α,β-unsaturated/α-hetero) is 1. The molecule has 8 heteroatoms. The molecular formula is C24H27N3O5. The Morgan fingerprint density at radius 3 is 2.72 bits per heavy atom. The minimum atomic E-state index is -0.751. The number of amides is 1. The van der Waals surface area contributed by atoms with Crippen LogP contribution in [0.15, 0.2) is 48.3 Å². The monoisotopic (exact) mass is 437 g/mol. The zero-order valence-electron chi connectivity index (χ0n) is 18.3. The first-order chi connectivity index (χ1) is 15.5. The highest BCUT2D eigenvalue weighted by Crippen LogP contribution is 2.38. The first-order valence-corrected chi connectivity index (χ1v) is 10.7. The number of ether oxygens (including phenoxy) is 2. The molecule has 1 N–H and O–H groups in total. The second-order valence-electron chi connectivity index (χ2n) is 8.06. The van der Waals surface area contributed by atoms with Crippen LogP contribution in [-0.2, 0) is 14.3 Å². The Morgan fingerprint density at radius 2 is 2.06 bits per heavy atom. The third-order valence-corrected chi connectivity index (χ3v) is 6.09. The van der Waals surface area contributed by atoms with Crippen molar-refractivity contribution in [1.29, 1.82) is 0 Å². The van der Waals surface area contributed by atoms with Gasteiger partial charge in [-0.25, -0.2) is 0 Å². The molecule has 0 radical (unpaired) electrons. The van der Waals surface area contributed by atoms with E-state index in [9.17, 15) is 14.7 Å². The molecule has 2 aliphatic rings. The van der Waals surface area contributed by atoms with E-state index >= 15 is 0 Å². The van der Waals surface area contributed by atoms with Crippen LogP contribution in [0, 0.1) is 6.92 Å². The van der Waals surface area contributed by atoms with Crippen LogP contribution in [0.5, 0.6) is 5.75 Å². The average Bonchev–Trinajstić information content (AvgIpc) is 3.08. The molecule has 2 saturated heterocycles. The van der Waals surface area contributed by atoms with Gasteiger partial charge in [-0.15, -0.1) is 0 Å². The van der Waals surface area contributed by atoms with Crippen molar-refractivity contribution in [2.45, 2.75) is 13.0 Å². The van der Waals surface area contributed by atoms with Gasteiger partial charge in [-0.1, -0.05) is 17.9 Å². The minimum Gasteiger partial charge on any atom is -0.872 e. The molecule has 8 nitrogen and oxygen atoms in total. The second-order valence-corrected chi connectivity index (χ2v) is 8.06. The largest absolute Gasteiger partial charge is 0.872 e.